The fourth-order valence-corrected chi connectivity index (χ4v) is 2.55. The van der Waals surface area contributed by atoms with Crippen molar-refractivity contribution in [3.05, 3.63) is 77.0 Å². The van der Waals surface area contributed by atoms with Gasteiger partial charge >= 0.3 is 0 Å². The standard InChI is InChI=1S/C18H14BrNO2/c1-2-11-20-16-14-5-3-4-6-15(14)22-18(16)17(21)12-7-9-13(19)10-8-12/h2-10,20H,1,11H2. The van der Waals surface area contributed by atoms with Gasteiger partial charge in [0.05, 0.1) is 5.69 Å². The Hall–Kier alpha value is -2.33. The molecule has 0 aliphatic heterocycles. The van der Waals surface area contributed by atoms with Crippen molar-refractivity contribution < 1.29 is 9.21 Å². The number of ketones is 1. The fourth-order valence-electron chi connectivity index (χ4n) is 2.29. The lowest BCUT2D eigenvalue weighted by Gasteiger charge is -2.04. The van der Waals surface area contributed by atoms with E-state index in [9.17, 15) is 4.79 Å². The Morgan fingerprint density at radius 1 is 1.18 bits per heavy atom. The van der Waals surface area contributed by atoms with Crippen molar-refractivity contribution in [1.29, 1.82) is 0 Å². The predicted molar refractivity (Wildman–Crippen MR) is 92.5 cm³/mol. The summed E-state index contributed by atoms with van der Waals surface area (Å²) in [6.45, 7) is 4.26. The van der Waals surface area contributed by atoms with Gasteiger partial charge < -0.3 is 9.73 Å². The van der Waals surface area contributed by atoms with Gasteiger partial charge in [-0.2, -0.15) is 0 Å². The third kappa shape index (κ3) is 2.70. The summed E-state index contributed by atoms with van der Waals surface area (Å²) >= 11 is 3.37. The molecule has 3 rings (SSSR count). The summed E-state index contributed by atoms with van der Waals surface area (Å²) in [5, 5.41) is 4.10. The molecular weight excluding hydrogens is 342 g/mol. The van der Waals surface area contributed by atoms with Crippen LogP contribution in [0.1, 0.15) is 16.1 Å². The van der Waals surface area contributed by atoms with E-state index in [1.165, 1.54) is 0 Å². The van der Waals surface area contributed by atoms with Gasteiger partial charge in [0, 0.05) is 22.0 Å². The van der Waals surface area contributed by atoms with E-state index < -0.39 is 0 Å². The highest BCUT2D eigenvalue weighted by Crippen LogP contribution is 2.32. The number of anilines is 1. The molecular formula is C18H14BrNO2. The van der Waals surface area contributed by atoms with Crippen molar-refractivity contribution in [2.24, 2.45) is 0 Å². The smallest absolute Gasteiger partial charge is 0.230 e. The summed E-state index contributed by atoms with van der Waals surface area (Å²) in [5.74, 6) is 0.181. The molecule has 1 N–H and O–H groups in total. The van der Waals surface area contributed by atoms with Crippen LogP contribution in [-0.2, 0) is 0 Å². The number of hydrogen-bond acceptors (Lipinski definition) is 3. The van der Waals surface area contributed by atoms with E-state index in [0.29, 0.717) is 29.1 Å². The summed E-state index contributed by atoms with van der Waals surface area (Å²) in [6.07, 6.45) is 1.75. The SMILES string of the molecule is C=CCNc1c(C(=O)c2ccc(Br)cc2)oc2ccccc12. The number of hydrogen-bond donors (Lipinski definition) is 1. The van der Waals surface area contributed by atoms with Crippen LogP contribution in [-0.4, -0.2) is 12.3 Å². The zero-order valence-corrected chi connectivity index (χ0v) is 13.4. The van der Waals surface area contributed by atoms with Gasteiger partial charge in [-0.25, -0.2) is 0 Å². The largest absolute Gasteiger partial charge is 0.450 e. The Morgan fingerprint density at radius 2 is 1.91 bits per heavy atom. The Labute approximate surface area is 136 Å². The second kappa shape index (κ2) is 6.20. The highest BCUT2D eigenvalue weighted by molar-refractivity contribution is 9.10. The molecule has 0 unspecified atom stereocenters. The van der Waals surface area contributed by atoms with Crippen LogP contribution in [0.4, 0.5) is 5.69 Å². The zero-order chi connectivity index (χ0) is 15.5. The van der Waals surface area contributed by atoms with Crippen LogP contribution in [0.2, 0.25) is 0 Å². The van der Waals surface area contributed by atoms with E-state index in [-0.39, 0.29) is 5.78 Å². The van der Waals surface area contributed by atoms with Crippen LogP contribution < -0.4 is 5.32 Å². The number of halogens is 1. The van der Waals surface area contributed by atoms with Gasteiger partial charge in [-0.1, -0.05) is 34.1 Å². The summed E-state index contributed by atoms with van der Waals surface area (Å²) in [7, 11) is 0. The van der Waals surface area contributed by atoms with Crippen molar-refractivity contribution in [2.75, 3.05) is 11.9 Å². The number of benzene rings is 2. The highest BCUT2D eigenvalue weighted by Gasteiger charge is 2.21. The van der Waals surface area contributed by atoms with Crippen LogP contribution >= 0.6 is 15.9 Å². The lowest BCUT2D eigenvalue weighted by Crippen LogP contribution is -2.06. The van der Waals surface area contributed by atoms with Gasteiger partial charge in [0.2, 0.25) is 5.78 Å². The van der Waals surface area contributed by atoms with E-state index >= 15 is 0 Å². The first kappa shape index (κ1) is 14.6. The third-order valence-electron chi connectivity index (χ3n) is 3.33. The fraction of sp³-hybridized carbons (Fsp3) is 0.0556. The van der Waals surface area contributed by atoms with Gasteiger partial charge in [-0.05, 0) is 36.4 Å². The second-order valence-electron chi connectivity index (χ2n) is 4.81. The molecule has 0 radical (unpaired) electrons. The molecule has 0 spiro atoms. The normalized spacial score (nSPS) is 10.6. The number of furan rings is 1. The molecule has 0 aliphatic rings. The molecule has 0 bridgehead atoms. The van der Waals surface area contributed by atoms with E-state index in [2.05, 4.69) is 27.8 Å². The molecule has 0 atom stereocenters. The molecule has 22 heavy (non-hydrogen) atoms. The van der Waals surface area contributed by atoms with Crippen molar-refractivity contribution >= 4 is 38.4 Å². The number of carbonyl (C=O) groups excluding carboxylic acids is 1. The Balaban J connectivity index is 2.10. The van der Waals surface area contributed by atoms with Gasteiger partial charge in [0.15, 0.2) is 5.76 Å². The Bertz CT molecular complexity index is 834. The highest BCUT2D eigenvalue weighted by atomic mass is 79.9. The van der Waals surface area contributed by atoms with E-state index in [4.69, 9.17) is 4.42 Å². The summed E-state index contributed by atoms with van der Waals surface area (Å²) in [4.78, 5) is 12.7. The van der Waals surface area contributed by atoms with Crippen LogP contribution in [0.15, 0.2) is 70.1 Å². The number of carbonyl (C=O) groups is 1. The molecule has 4 heteroatoms. The first-order chi connectivity index (χ1) is 10.7. The number of rotatable bonds is 5. The lowest BCUT2D eigenvalue weighted by atomic mass is 10.1. The van der Waals surface area contributed by atoms with Crippen LogP contribution in [0.5, 0.6) is 0 Å². The average molecular weight is 356 g/mol. The van der Waals surface area contributed by atoms with Crippen molar-refractivity contribution in [3.8, 4) is 0 Å². The lowest BCUT2D eigenvalue weighted by molar-refractivity contribution is 0.101. The molecule has 0 amide bonds. The molecule has 1 heterocycles. The van der Waals surface area contributed by atoms with E-state index in [1.54, 1.807) is 18.2 Å². The predicted octanol–water partition coefficient (Wildman–Crippen LogP) is 5.02. The van der Waals surface area contributed by atoms with Crippen LogP contribution in [0.3, 0.4) is 0 Å². The van der Waals surface area contributed by atoms with Crippen molar-refractivity contribution in [2.45, 2.75) is 0 Å². The molecule has 2 aromatic carbocycles. The first-order valence-electron chi connectivity index (χ1n) is 6.87. The van der Waals surface area contributed by atoms with Gasteiger partial charge in [-0.15, -0.1) is 6.58 Å². The van der Waals surface area contributed by atoms with Crippen LogP contribution in [0, 0.1) is 0 Å². The molecule has 3 aromatic rings. The maximum Gasteiger partial charge on any atom is 0.230 e. The zero-order valence-electron chi connectivity index (χ0n) is 11.8. The summed E-state index contributed by atoms with van der Waals surface area (Å²) in [5.41, 5.74) is 1.99. The van der Waals surface area contributed by atoms with Gasteiger partial charge in [-0.3, -0.25) is 4.79 Å². The second-order valence-corrected chi connectivity index (χ2v) is 5.72. The van der Waals surface area contributed by atoms with Crippen LogP contribution in [0.25, 0.3) is 11.0 Å². The Morgan fingerprint density at radius 3 is 2.64 bits per heavy atom. The van der Waals surface area contributed by atoms with E-state index in [1.807, 2.05) is 36.4 Å². The molecule has 110 valence electrons. The third-order valence-corrected chi connectivity index (χ3v) is 3.86. The summed E-state index contributed by atoms with van der Waals surface area (Å²) in [6, 6.07) is 14.8. The minimum absolute atomic E-state index is 0.143. The number of fused-ring (bicyclic) bond motifs is 1. The minimum Gasteiger partial charge on any atom is -0.450 e. The average Bonchev–Trinajstić information content (AvgIpc) is 2.91. The van der Waals surface area contributed by atoms with Gasteiger partial charge in [0.1, 0.15) is 5.58 Å². The molecule has 1 aromatic heterocycles. The maximum atomic E-state index is 12.7. The van der Waals surface area contributed by atoms with Crippen molar-refractivity contribution in [1.82, 2.24) is 0 Å². The monoisotopic (exact) mass is 355 g/mol. The topological polar surface area (TPSA) is 42.2 Å². The Kier molecular flexibility index (Phi) is 4.11. The van der Waals surface area contributed by atoms with Gasteiger partial charge in [0.25, 0.3) is 0 Å². The maximum absolute atomic E-state index is 12.7. The number of para-hydroxylation sites is 1. The van der Waals surface area contributed by atoms with Crippen molar-refractivity contribution in [3.63, 3.8) is 0 Å². The van der Waals surface area contributed by atoms with E-state index in [0.717, 1.165) is 9.86 Å². The molecule has 0 fully saturated rings. The molecule has 0 saturated heterocycles. The summed E-state index contributed by atoms with van der Waals surface area (Å²) < 4.78 is 6.71. The molecule has 0 aliphatic carbocycles. The molecule has 0 saturated carbocycles. The first-order valence-corrected chi connectivity index (χ1v) is 7.66. The quantitative estimate of drug-likeness (QED) is 0.515. The number of nitrogens with one attached hydrogen (secondary N) is 1. The minimum atomic E-state index is -0.143. The molecule has 3 nitrogen and oxygen atoms in total.